The van der Waals surface area contributed by atoms with E-state index in [9.17, 15) is 0 Å². The van der Waals surface area contributed by atoms with Gasteiger partial charge in [0.1, 0.15) is 5.75 Å². The Kier molecular flexibility index (Phi) is 5.06. The quantitative estimate of drug-likeness (QED) is 0.886. The van der Waals surface area contributed by atoms with Gasteiger partial charge in [-0.15, -0.1) is 0 Å². The topological polar surface area (TPSA) is 53.7 Å². The van der Waals surface area contributed by atoms with Crippen LogP contribution in [0.1, 0.15) is 24.1 Å². The van der Waals surface area contributed by atoms with Gasteiger partial charge in [-0.2, -0.15) is 0 Å². The second-order valence-electron chi connectivity index (χ2n) is 4.60. The molecule has 0 spiro atoms. The molecule has 112 valence electrons. The van der Waals surface area contributed by atoms with Gasteiger partial charge in [-0.1, -0.05) is 18.2 Å². The van der Waals surface area contributed by atoms with Gasteiger partial charge in [0, 0.05) is 0 Å². The molecule has 1 unspecified atom stereocenters. The molecule has 21 heavy (non-hydrogen) atoms. The summed E-state index contributed by atoms with van der Waals surface area (Å²) in [6.45, 7) is 2.59. The lowest BCUT2D eigenvalue weighted by Crippen LogP contribution is -2.12. The van der Waals surface area contributed by atoms with Crippen LogP contribution in [0.2, 0.25) is 0 Å². The molecule has 4 heteroatoms. The predicted octanol–water partition coefficient (Wildman–Crippen LogP) is 3.15. The van der Waals surface area contributed by atoms with Crippen molar-refractivity contribution in [3.05, 3.63) is 53.6 Å². The Balaban J connectivity index is 2.30. The van der Waals surface area contributed by atoms with E-state index in [1.807, 2.05) is 49.4 Å². The molecule has 0 aliphatic carbocycles. The predicted molar refractivity (Wildman–Crippen MR) is 83.2 cm³/mol. The molecule has 4 nitrogen and oxygen atoms in total. The zero-order chi connectivity index (χ0) is 15.2. The number of nitrogens with two attached hydrogens (primary N) is 1. The summed E-state index contributed by atoms with van der Waals surface area (Å²) in [5.41, 5.74) is 8.30. The van der Waals surface area contributed by atoms with Crippen LogP contribution in [0.15, 0.2) is 42.5 Å². The van der Waals surface area contributed by atoms with E-state index in [1.165, 1.54) is 0 Å². The van der Waals surface area contributed by atoms with Crippen LogP contribution in [0.4, 0.5) is 0 Å². The van der Waals surface area contributed by atoms with Crippen molar-refractivity contribution in [3.8, 4) is 17.2 Å². The fourth-order valence-electron chi connectivity index (χ4n) is 2.20. The summed E-state index contributed by atoms with van der Waals surface area (Å²) in [6.07, 6.45) is 0. The fourth-order valence-corrected chi connectivity index (χ4v) is 2.20. The molecule has 0 radical (unpaired) electrons. The van der Waals surface area contributed by atoms with Crippen LogP contribution in [0.5, 0.6) is 17.2 Å². The van der Waals surface area contributed by atoms with Gasteiger partial charge in [0.05, 0.1) is 26.9 Å². The first kappa shape index (κ1) is 15.2. The summed E-state index contributed by atoms with van der Waals surface area (Å²) in [4.78, 5) is 0. The SMILES string of the molecule is CCOc1cccc(C(N)c2ccc(OC)c(OC)c2)c1. The normalized spacial score (nSPS) is 11.8. The highest BCUT2D eigenvalue weighted by Gasteiger charge is 2.13. The number of hydrogen-bond acceptors (Lipinski definition) is 4. The molecule has 2 N–H and O–H groups in total. The second-order valence-corrected chi connectivity index (χ2v) is 4.60. The van der Waals surface area contributed by atoms with Crippen molar-refractivity contribution in [1.82, 2.24) is 0 Å². The smallest absolute Gasteiger partial charge is 0.161 e. The van der Waals surface area contributed by atoms with Crippen molar-refractivity contribution in [2.75, 3.05) is 20.8 Å². The fraction of sp³-hybridized carbons (Fsp3) is 0.294. The molecule has 2 aromatic rings. The molecule has 0 fully saturated rings. The highest BCUT2D eigenvalue weighted by atomic mass is 16.5. The zero-order valence-electron chi connectivity index (χ0n) is 12.6. The van der Waals surface area contributed by atoms with Crippen LogP contribution in [-0.2, 0) is 0 Å². The van der Waals surface area contributed by atoms with Gasteiger partial charge in [0.2, 0.25) is 0 Å². The van der Waals surface area contributed by atoms with Crippen LogP contribution >= 0.6 is 0 Å². The van der Waals surface area contributed by atoms with Crippen molar-refractivity contribution < 1.29 is 14.2 Å². The Morgan fingerprint density at radius 2 is 1.67 bits per heavy atom. The highest BCUT2D eigenvalue weighted by Crippen LogP contribution is 2.32. The Hall–Kier alpha value is -2.20. The summed E-state index contributed by atoms with van der Waals surface area (Å²) in [5.74, 6) is 2.19. The molecule has 0 aliphatic heterocycles. The van der Waals surface area contributed by atoms with E-state index in [0.29, 0.717) is 18.1 Å². The van der Waals surface area contributed by atoms with E-state index in [4.69, 9.17) is 19.9 Å². The van der Waals surface area contributed by atoms with E-state index in [2.05, 4.69) is 0 Å². The Morgan fingerprint density at radius 3 is 2.33 bits per heavy atom. The molecule has 2 rings (SSSR count). The van der Waals surface area contributed by atoms with Gasteiger partial charge in [0.15, 0.2) is 11.5 Å². The number of methoxy groups -OCH3 is 2. The molecular weight excluding hydrogens is 266 g/mol. The Morgan fingerprint density at radius 1 is 0.952 bits per heavy atom. The molecule has 0 saturated heterocycles. The van der Waals surface area contributed by atoms with Gasteiger partial charge in [-0.05, 0) is 42.3 Å². The molecule has 0 aliphatic rings. The Bertz CT molecular complexity index is 598. The molecule has 0 amide bonds. The molecule has 0 bridgehead atoms. The molecule has 0 saturated carbocycles. The minimum absolute atomic E-state index is 0.245. The molecule has 2 aromatic carbocycles. The first-order valence-corrected chi connectivity index (χ1v) is 6.89. The van der Waals surface area contributed by atoms with Crippen molar-refractivity contribution in [1.29, 1.82) is 0 Å². The third kappa shape index (κ3) is 3.47. The minimum atomic E-state index is -0.245. The van der Waals surface area contributed by atoms with Crippen LogP contribution < -0.4 is 19.9 Å². The summed E-state index contributed by atoms with van der Waals surface area (Å²) < 4.78 is 16.1. The lowest BCUT2D eigenvalue weighted by Gasteiger charge is -2.16. The summed E-state index contributed by atoms with van der Waals surface area (Å²) in [5, 5.41) is 0. The first-order valence-electron chi connectivity index (χ1n) is 6.89. The third-order valence-electron chi connectivity index (χ3n) is 3.29. The maximum Gasteiger partial charge on any atom is 0.161 e. The molecule has 1 atom stereocenters. The van der Waals surface area contributed by atoms with Gasteiger partial charge >= 0.3 is 0 Å². The monoisotopic (exact) mass is 287 g/mol. The highest BCUT2D eigenvalue weighted by molar-refractivity contribution is 5.46. The van der Waals surface area contributed by atoms with Gasteiger partial charge in [0.25, 0.3) is 0 Å². The average Bonchev–Trinajstić information content (AvgIpc) is 2.54. The van der Waals surface area contributed by atoms with E-state index in [1.54, 1.807) is 14.2 Å². The van der Waals surface area contributed by atoms with Crippen molar-refractivity contribution in [2.24, 2.45) is 5.73 Å². The Labute approximate surface area is 125 Å². The average molecular weight is 287 g/mol. The third-order valence-corrected chi connectivity index (χ3v) is 3.29. The number of benzene rings is 2. The van der Waals surface area contributed by atoms with E-state index >= 15 is 0 Å². The summed E-state index contributed by atoms with van der Waals surface area (Å²) in [7, 11) is 3.23. The molecule has 0 heterocycles. The molecule has 0 aromatic heterocycles. The first-order chi connectivity index (χ1) is 10.2. The number of rotatable bonds is 6. The second kappa shape index (κ2) is 6.99. The van der Waals surface area contributed by atoms with E-state index < -0.39 is 0 Å². The van der Waals surface area contributed by atoms with E-state index in [0.717, 1.165) is 16.9 Å². The summed E-state index contributed by atoms with van der Waals surface area (Å²) >= 11 is 0. The lowest BCUT2D eigenvalue weighted by atomic mass is 9.99. The van der Waals surface area contributed by atoms with Gasteiger partial charge in [-0.3, -0.25) is 0 Å². The minimum Gasteiger partial charge on any atom is -0.494 e. The number of hydrogen-bond donors (Lipinski definition) is 1. The van der Waals surface area contributed by atoms with Crippen molar-refractivity contribution in [3.63, 3.8) is 0 Å². The van der Waals surface area contributed by atoms with Gasteiger partial charge < -0.3 is 19.9 Å². The van der Waals surface area contributed by atoms with Crippen LogP contribution in [0, 0.1) is 0 Å². The van der Waals surface area contributed by atoms with Crippen molar-refractivity contribution in [2.45, 2.75) is 13.0 Å². The van der Waals surface area contributed by atoms with Crippen LogP contribution in [-0.4, -0.2) is 20.8 Å². The zero-order valence-corrected chi connectivity index (χ0v) is 12.6. The van der Waals surface area contributed by atoms with E-state index in [-0.39, 0.29) is 6.04 Å². The van der Waals surface area contributed by atoms with Crippen LogP contribution in [0.25, 0.3) is 0 Å². The lowest BCUT2D eigenvalue weighted by molar-refractivity contribution is 0.340. The standard InChI is InChI=1S/C17H21NO3/c1-4-21-14-7-5-6-12(10-14)17(18)13-8-9-15(19-2)16(11-13)20-3/h5-11,17H,4,18H2,1-3H3. The van der Waals surface area contributed by atoms with Gasteiger partial charge in [-0.25, -0.2) is 0 Å². The maximum absolute atomic E-state index is 6.34. The molecular formula is C17H21NO3. The van der Waals surface area contributed by atoms with Crippen LogP contribution in [0.3, 0.4) is 0 Å². The maximum atomic E-state index is 6.34. The summed E-state index contributed by atoms with van der Waals surface area (Å²) in [6, 6.07) is 13.3. The number of ether oxygens (including phenoxy) is 3. The largest absolute Gasteiger partial charge is 0.494 e. The van der Waals surface area contributed by atoms with Crippen molar-refractivity contribution >= 4 is 0 Å².